The van der Waals surface area contributed by atoms with Gasteiger partial charge in [0, 0.05) is 38.6 Å². The molecule has 0 radical (unpaired) electrons. The Bertz CT molecular complexity index is 925. The van der Waals surface area contributed by atoms with E-state index in [0.29, 0.717) is 18.7 Å². The molecule has 5 nitrogen and oxygen atoms in total. The fourth-order valence-corrected chi connectivity index (χ4v) is 2.66. The van der Waals surface area contributed by atoms with Gasteiger partial charge in [-0.25, -0.2) is 8.78 Å². The van der Waals surface area contributed by atoms with E-state index >= 15 is 0 Å². The van der Waals surface area contributed by atoms with Crippen molar-refractivity contribution in [3.8, 4) is 11.3 Å². The summed E-state index contributed by atoms with van der Waals surface area (Å²) in [6.07, 6.45) is 4.09. The number of hydrogen-bond donors (Lipinski definition) is 0. The Kier molecular flexibility index (Phi) is 5.06. The minimum atomic E-state index is -0.570. The molecule has 0 saturated heterocycles. The van der Waals surface area contributed by atoms with Crippen molar-refractivity contribution in [1.29, 1.82) is 0 Å². The van der Waals surface area contributed by atoms with Gasteiger partial charge in [-0.1, -0.05) is 0 Å². The summed E-state index contributed by atoms with van der Waals surface area (Å²) >= 11 is 0. The Morgan fingerprint density at radius 1 is 1.15 bits per heavy atom. The van der Waals surface area contributed by atoms with Crippen LogP contribution in [0.4, 0.5) is 8.78 Å². The monoisotopic (exact) mass is 356 g/mol. The van der Waals surface area contributed by atoms with Crippen molar-refractivity contribution in [2.45, 2.75) is 6.42 Å². The van der Waals surface area contributed by atoms with Crippen LogP contribution < -0.4 is 0 Å². The number of carbonyl (C=O) groups is 1. The van der Waals surface area contributed by atoms with E-state index in [4.69, 9.17) is 0 Å². The van der Waals surface area contributed by atoms with Crippen LogP contribution in [0.2, 0.25) is 0 Å². The fraction of sp³-hybridized carbons (Fsp3) is 0.211. The van der Waals surface area contributed by atoms with Gasteiger partial charge in [-0.3, -0.25) is 14.5 Å². The van der Waals surface area contributed by atoms with Gasteiger partial charge >= 0.3 is 0 Å². The van der Waals surface area contributed by atoms with Gasteiger partial charge in [-0.05, 0) is 48.4 Å². The quantitative estimate of drug-likeness (QED) is 0.706. The molecule has 0 atom stereocenters. The highest BCUT2D eigenvalue weighted by Gasteiger charge is 2.19. The Morgan fingerprint density at radius 2 is 1.88 bits per heavy atom. The molecular formula is C19H18F2N4O. The van der Waals surface area contributed by atoms with Gasteiger partial charge in [0.25, 0.3) is 5.91 Å². The van der Waals surface area contributed by atoms with Crippen molar-refractivity contribution >= 4 is 5.91 Å². The van der Waals surface area contributed by atoms with Crippen LogP contribution in [-0.4, -0.2) is 39.2 Å². The zero-order chi connectivity index (χ0) is 18.7. The maximum atomic E-state index is 14.0. The summed E-state index contributed by atoms with van der Waals surface area (Å²) in [6, 6.07) is 8.46. The number of pyridine rings is 1. The zero-order valence-corrected chi connectivity index (χ0v) is 14.5. The number of rotatable bonds is 5. The van der Waals surface area contributed by atoms with Crippen LogP contribution >= 0.6 is 0 Å². The third-order valence-corrected chi connectivity index (χ3v) is 4.14. The number of carbonyl (C=O) groups excluding carboxylic acids is 1. The molecule has 0 N–H and O–H groups in total. The number of aryl methyl sites for hydroxylation is 1. The lowest BCUT2D eigenvalue weighted by Gasteiger charge is -2.15. The van der Waals surface area contributed by atoms with Crippen molar-refractivity contribution in [2.75, 3.05) is 13.6 Å². The second kappa shape index (κ2) is 7.43. The smallest absolute Gasteiger partial charge is 0.274 e. The summed E-state index contributed by atoms with van der Waals surface area (Å²) in [5, 5.41) is 4.16. The first kappa shape index (κ1) is 17.7. The molecule has 0 fully saturated rings. The molecule has 0 aliphatic rings. The number of aromatic nitrogens is 3. The van der Waals surface area contributed by atoms with Gasteiger partial charge in [0.1, 0.15) is 11.6 Å². The lowest BCUT2D eigenvalue weighted by Crippen LogP contribution is -2.29. The fourth-order valence-electron chi connectivity index (χ4n) is 2.66. The van der Waals surface area contributed by atoms with Crippen LogP contribution in [-0.2, 0) is 13.5 Å². The van der Waals surface area contributed by atoms with Crippen LogP contribution in [0, 0.1) is 11.6 Å². The van der Waals surface area contributed by atoms with E-state index in [9.17, 15) is 13.6 Å². The van der Waals surface area contributed by atoms with Gasteiger partial charge in [-0.2, -0.15) is 5.10 Å². The summed E-state index contributed by atoms with van der Waals surface area (Å²) in [6.45, 7) is 0.503. The maximum absolute atomic E-state index is 14.0. The second-order valence-electron chi connectivity index (χ2n) is 5.99. The minimum absolute atomic E-state index is 0.0680. The number of nitrogens with zero attached hydrogens (tertiary/aromatic N) is 4. The summed E-state index contributed by atoms with van der Waals surface area (Å²) in [7, 11) is 3.27. The van der Waals surface area contributed by atoms with Gasteiger partial charge in [0.15, 0.2) is 5.69 Å². The first-order chi connectivity index (χ1) is 12.5. The van der Waals surface area contributed by atoms with Gasteiger partial charge in [0.2, 0.25) is 0 Å². The summed E-state index contributed by atoms with van der Waals surface area (Å²) < 4.78 is 28.8. The zero-order valence-electron chi connectivity index (χ0n) is 14.5. The molecule has 0 saturated carbocycles. The topological polar surface area (TPSA) is 51.0 Å². The van der Waals surface area contributed by atoms with Crippen LogP contribution in [0.15, 0.2) is 48.8 Å². The molecule has 26 heavy (non-hydrogen) atoms. The molecule has 0 spiro atoms. The number of benzene rings is 1. The van der Waals surface area contributed by atoms with E-state index in [1.165, 1.54) is 10.7 Å². The van der Waals surface area contributed by atoms with Crippen LogP contribution in [0.3, 0.4) is 0 Å². The highest BCUT2D eigenvalue weighted by molar-refractivity contribution is 5.93. The van der Waals surface area contributed by atoms with E-state index in [2.05, 4.69) is 10.1 Å². The Balaban J connectivity index is 1.77. The molecule has 0 unspecified atom stereocenters. The number of amides is 1. The molecule has 3 aromatic rings. The van der Waals surface area contributed by atoms with Crippen molar-refractivity contribution in [3.63, 3.8) is 0 Å². The van der Waals surface area contributed by atoms with Gasteiger partial charge in [-0.15, -0.1) is 0 Å². The van der Waals surface area contributed by atoms with Crippen molar-refractivity contribution in [3.05, 3.63) is 71.7 Å². The van der Waals surface area contributed by atoms with Crippen molar-refractivity contribution in [2.24, 2.45) is 7.05 Å². The summed E-state index contributed by atoms with van der Waals surface area (Å²) in [5.74, 6) is -1.40. The first-order valence-electron chi connectivity index (χ1n) is 8.09. The molecule has 0 bridgehead atoms. The second-order valence-corrected chi connectivity index (χ2v) is 5.99. The molecule has 134 valence electrons. The molecule has 3 rings (SSSR count). The SMILES string of the molecule is CN(CCc1ccncc1)C(=O)c1cc(-c2cc(F)ccc2F)n(C)n1. The van der Waals surface area contributed by atoms with Crippen molar-refractivity contribution < 1.29 is 13.6 Å². The Labute approximate surface area is 149 Å². The van der Waals surface area contributed by atoms with E-state index in [0.717, 1.165) is 23.8 Å². The average Bonchev–Trinajstić information content (AvgIpc) is 3.03. The number of hydrogen-bond acceptors (Lipinski definition) is 3. The molecule has 0 aliphatic carbocycles. The van der Waals surface area contributed by atoms with E-state index < -0.39 is 11.6 Å². The van der Waals surface area contributed by atoms with Crippen LogP contribution in [0.1, 0.15) is 16.1 Å². The highest BCUT2D eigenvalue weighted by Crippen LogP contribution is 2.24. The summed E-state index contributed by atoms with van der Waals surface area (Å²) in [4.78, 5) is 18.1. The van der Waals surface area contributed by atoms with Crippen LogP contribution in [0.25, 0.3) is 11.3 Å². The largest absolute Gasteiger partial charge is 0.340 e. The third-order valence-electron chi connectivity index (χ3n) is 4.14. The molecule has 2 heterocycles. The summed E-state index contributed by atoms with van der Waals surface area (Å²) in [5.41, 5.74) is 1.66. The lowest BCUT2D eigenvalue weighted by atomic mass is 10.1. The predicted molar refractivity (Wildman–Crippen MR) is 93.5 cm³/mol. The van der Waals surface area contributed by atoms with E-state index in [1.807, 2.05) is 12.1 Å². The normalized spacial score (nSPS) is 10.8. The first-order valence-corrected chi connectivity index (χ1v) is 8.09. The molecule has 2 aromatic heterocycles. The predicted octanol–water partition coefficient (Wildman–Crippen LogP) is 3.08. The minimum Gasteiger partial charge on any atom is -0.340 e. The number of halogens is 2. The van der Waals surface area contributed by atoms with E-state index in [1.54, 1.807) is 31.4 Å². The Morgan fingerprint density at radius 3 is 2.62 bits per heavy atom. The van der Waals surface area contributed by atoms with Gasteiger partial charge < -0.3 is 4.90 Å². The molecule has 7 heteroatoms. The van der Waals surface area contributed by atoms with Crippen LogP contribution in [0.5, 0.6) is 0 Å². The number of likely N-dealkylation sites (N-methyl/N-ethyl adjacent to an activating group) is 1. The maximum Gasteiger partial charge on any atom is 0.274 e. The van der Waals surface area contributed by atoms with Gasteiger partial charge in [0.05, 0.1) is 5.69 Å². The van der Waals surface area contributed by atoms with Crippen molar-refractivity contribution in [1.82, 2.24) is 19.7 Å². The standard InChI is InChI=1S/C19H18F2N4O/c1-24(10-7-13-5-8-22-9-6-13)19(26)17-12-18(25(2)23-17)15-11-14(20)3-4-16(15)21/h3-6,8-9,11-12H,7,10H2,1-2H3. The Hall–Kier alpha value is -3.09. The third kappa shape index (κ3) is 3.77. The highest BCUT2D eigenvalue weighted by atomic mass is 19.1. The average molecular weight is 356 g/mol. The molecular weight excluding hydrogens is 338 g/mol. The van der Waals surface area contributed by atoms with E-state index in [-0.39, 0.29) is 17.2 Å². The molecule has 1 aromatic carbocycles. The molecule has 1 amide bonds. The molecule has 0 aliphatic heterocycles. The lowest BCUT2D eigenvalue weighted by molar-refractivity contribution is 0.0790.